The van der Waals surface area contributed by atoms with Crippen molar-refractivity contribution in [3.63, 3.8) is 0 Å². The van der Waals surface area contributed by atoms with E-state index >= 15 is 0 Å². The summed E-state index contributed by atoms with van der Waals surface area (Å²) in [5.41, 5.74) is 2.06. The van der Waals surface area contributed by atoms with Gasteiger partial charge in [-0.3, -0.25) is 4.79 Å². The van der Waals surface area contributed by atoms with Crippen LogP contribution < -0.4 is 0 Å². The minimum absolute atomic E-state index is 0.0711. The number of hydrogen-bond donors (Lipinski definition) is 0. The van der Waals surface area contributed by atoms with Crippen molar-refractivity contribution in [3.8, 4) is 0 Å². The van der Waals surface area contributed by atoms with Gasteiger partial charge in [0.05, 0.1) is 23.6 Å². The van der Waals surface area contributed by atoms with Gasteiger partial charge in [0.2, 0.25) is 5.91 Å². The Morgan fingerprint density at radius 2 is 2.24 bits per heavy atom. The van der Waals surface area contributed by atoms with Gasteiger partial charge in [-0.2, -0.15) is 0 Å². The first-order valence-corrected chi connectivity index (χ1v) is 7.93. The molecule has 1 aliphatic heterocycles. The third-order valence-corrected chi connectivity index (χ3v) is 4.22. The van der Waals surface area contributed by atoms with Crippen molar-refractivity contribution in [2.45, 2.75) is 32.4 Å². The van der Waals surface area contributed by atoms with Crippen molar-refractivity contribution in [1.82, 2.24) is 14.5 Å². The van der Waals surface area contributed by atoms with E-state index in [1.165, 1.54) is 0 Å². The molecular weight excluding hydrogens is 330 g/mol. The van der Waals surface area contributed by atoms with Gasteiger partial charge in [-0.1, -0.05) is 34.6 Å². The molecule has 1 atom stereocenters. The number of allylic oxidation sites excluding steroid dienone is 1. The molecule has 2 heterocycles. The molecule has 0 spiro atoms. The van der Waals surface area contributed by atoms with E-state index in [1.807, 2.05) is 23.1 Å². The molecule has 1 aliphatic rings. The number of carbonyl (C=O) groups excluding carboxylic acids is 1. The van der Waals surface area contributed by atoms with Crippen molar-refractivity contribution in [3.05, 3.63) is 41.2 Å². The van der Waals surface area contributed by atoms with Gasteiger partial charge in [0.25, 0.3) is 0 Å². The Kier molecular flexibility index (Phi) is 3.85. The third kappa shape index (κ3) is 2.62. The summed E-state index contributed by atoms with van der Waals surface area (Å²) < 4.78 is 3.07. The van der Waals surface area contributed by atoms with E-state index in [2.05, 4.69) is 33.1 Å². The number of para-hydroxylation sites is 2. The van der Waals surface area contributed by atoms with Crippen LogP contribution in [-0.2, 0) is 11.3 Å². The third-order valence-electron chi connectivity index (χ3n) is 3.97. The number of carbonyl (C=O) groups is 1. The van der Waals surface area contributed by atoms with Gasteiger partial charge in [-0.25, -0.2) is 4.98 Å². The number of benzene rings is 1. The zero-order valence-corrected chi connectivity index (χ0v) is 13.6. The molecule has 0 N–H and O–H groups in total. The lowest BCUT2D eigenvalue weighted by molar-refractivity contribution is -0.129. The largest absolute Gasteiger partial charge is 0.333 e. The van der Waals surface area contributed by atoms with Gasteiger partial charge in [0, 0.05) is 18.0 Å². The van der Waals surface area contributed by atoms with Crippen molar-refractivity contribution < 1.29 is 4.79 Å². The fraction of sp³-hybridized carbons (Fsp3) is 0.375. The molecule has 1 aromatic carbocycles. The highest BCUT2D eigenvalue weighted by Gasteiger charge is 2.32. The molecule has 0 saturated carbocycles. The van der Waals surface area contributed by atoms with Crippen LogP contribution in [0.15, 0.2) is 35.3 Å². The summed E-state index contributed by atoms with van der Waals surface area (Å²) in [6.45, 7) is 7.06. The number of hydrogen-bond acceptors (Lipinski definition) is 2. The Labute approximate surface area is 132 Å². The number of fused-ring (bicyclic) bond motifs is 1. The molecule has 110 valence electrons. The fourth-order valence-corrected chi connectivity index (χ4v) is 3.35. The fourth-order valence-electron chi connectivity index (χ4n) is 3.10. The van der Waals surface area contributed by atoms with Crippen molar-refractivity contribution in [1.29, 1.82) is 0 Å². The minimum atomic E-state index is 0.0711. The van der Waals surface area contributed by atoms with Gasteiger partial charge in [-0.15, -0.1) is 0 Å². The van der Waals surface area contributed by atoms with Crippen LogP contribution in [0.1, 0.15) is 31.6 Å². The second kappa shape index (κ2) is 5.64. The Bertz CT molecular complexity index is 707. The quantitative estimate of drug-likeness (QED) is 0.850. The zero-order chi connectivity index (χ0) is 15.0. The maximum absolute atomic E-state index is 11.8. The molecular formula is C16H18BrN3O. The van der Waals surface area contributed by atoms with Crippen LogP contribution in [0.3, 0.4) is 0 Å². The van der Waals surface area contributed by atoms with E-state index in [9.17, 15) is 4.79 Å². The molecule has 3 rings (SSSR count). The van der Waals surface area contributed by atoms with Crippen LogP contribution in [0.4, 0.5) is 0 Å². The summed E-state index contributed by atoms with van der Waals surface area (Å²) in [6, 6.07) is 8.15. The van der Waals surface area contributed by atoms with E-state index in [-0.39, 0.29) is 11.9 Å². The van der Waals surface area contributed by atoms with Crippen molar-refractivity contribution >= 4 is 32.9 Å². The predicted octanol–water partition coefficient (Wildman–Crippen LogP) is 3.63. The maximum Gasteiger partial charge on any atom is 0.220 e. The van der Waals surface area contributed by atoms with Crippen molar-refractivity contribution in [2.24, 2.45) is 0 Å². The normalized spacial score (nSPS) is 18.4. The van der Waals surface area contributed by atoms with Gasteiger partial charge in [-0.05, 0) is 25.0 Å². The van der Waals surface area contributed by atoms with Gasteiger partial charge in [0.15, 0.2) is 0 Å². The summed E-state index contributed by atoms with van der Waals surface area (Å²) in [6.07, 6.45) is 2.00. The van der Waals surface area contributed by atoms with E-state index in [1.54, 1.807) is 6.92 Å². The zero-order valence-electron chi connectivity index (χ0n) is 12.1. The summed E-state index contributed by atoms with van der Waals surface area (Å²) in [5.74, 6) is 1.08. The maximum atomic E-state index is 11.8. The van der Waals surface area contributed by atoms with Crippen LogP contribution in [0.2, 0.25) is 0 Å². The highest BCUT2D eigenvalue weighted by atomic mass is 79.9. The van der Waals surface area contributed by atoms with Gasteiger partial charge < -0.3 is 9.47 Å². The lowest BCUT2D eigenvalue weighted by atomic mass is 10.2. The Morgan fingerprint density at radius 3 is 2.95 bits per heavy atom. The Balaban J connectivity index is 2.12. The average molecular weight is 348 g/mol. The van der Waals surface area contributed by atoms with E-state index in [0.29, 0.717) is 6.54 Å². The number of likely N-dealkylation sites (tertiary alicyclic amines) is 1. The number of amides is 1. The topological polar surface area (TPSA) is 38.1 Å². The van der Waals surface area contributed by atoms with Crippen LogP contribution in [0, 0.1) is 0 Å². The highest BCUT2D eigenvalue weighted by molar-refractivity contribution is 9.11. The number of nitrogens with zero attached hydrogens (tertiary/aromatic N) is 3. The summed E-state index contributed by atoms with van der Waals surface area (Å²) in [5, 5.41) is 0. The van der Waals surface area contributed by atoms with Gasteiger partial charge >= 0.3 is 0 Å². The van der Waals surface area contributed by atoms with Gasteiger partial charge in [0.1, 0.15) is 5.82 Å². The Hall–Kier alpha value is -1.62. The average Bonchev–Trinajstić information content (AvgIpc) is 3.03. The monoisotopic (exact) mass is 347 g/mol. The summed E-state index contributed by atoms with van der Waals surface area (Å²) in [7, 11) is 0. The lowest BCUT2D eigenvalue weighted by Crippen LogP contribution is -2.29. The number of aromatic nitrogens is 2. The van der Waals surface area contributed by atoms with Crippen LogP contribution in [-0.4, -0.2) is 26.9 Å². The molecule has 2 aromatic rings. The molecule has 0 radical (unpaired) electrons. The molecule has 5 heteroatoms. The summed E-state index contributed by atoms with van der Waals surface area (Å²) >= 11 is 3.44. The van der Waals surface area contributed by atoms with Crippen LogP contribution >= 0.6 is 15.9 Å². The number of rotatable bonds is 3. The van der Waals surface area contributed by atoms with E-state index in [4.69, 9.17) is 4.98 Å². The van der Waals surface area contributed by atoms with Crippen LogP contribution in [0.25, 0.3) is 11.0 Å². The molecule has 1 aromatic heterocycles. The highest BCUT2D eigenvalue weighted by Crippen LogP contribution is 2.33. The number of halogens is 1. The molecule has 21 heavy (non-hydrogen) atoms. The van der Waals surface area contributed by atoms with Crippen LogP contribution in [0.5, 0.6) is 0 Å². The molecule has 0 bridgehead atoms. The first-order chi connectivity index (χ1) is 10.1. The number of imidazole rings is 1. The SMILES string of the molecule is C=C(Br)Cn1c([C@H]2CCCN2C(C)=O)nc2ccccc21. The molecule has 1 amide bonds. The lowest BCUT2D eigenvalue weighted by Gasteiger charge is -2.23. The second-order valence-electron chi connectivity index (χ2n) is 5.43. The van der Waals surface area contributed by atoms with E-state index in [0.717, 1.165) is 40.7 Å². The predicted molar refractivity (Wildman–Crippen MR) is 87.2 cm³/mol. The van der Waals surface area contributed by atoms with Crippen molar-refractivity contribution in [2.75, 3.05) is 6.54 Å². The second-order valence-corrected chi connectivity index (χ2v) is 6.55. The molecule has 4 nitrogen and oxygen atoms in total. The minimum Gasteiger partial charge on any atom is -0.333 e. The van der Waals surface area contributed by atoms with E-state index < -0.39 is 0 Å². The smallest absolute Gasteiger partial charge is 0.220 e. The Morgan fingerprint density at radius 1 is 1.48 bits per heavy atom. The molecule has 0 aliphatic carbocycles. The molecule has 0 unspecified atom stereocenters. The molecule has 1 saturated heterocycles. The summed E-state index contributed by atoms with van der Waals surface area (Å²) in [4.78, 5) is 18.6. The molecule has 1 fully saturated rings. The first-order valence-electron chi connectivity index (χ1n) is 7.13. The first kappa shape index (κ1) is 14.3. The standard InChI is InChI=1S/C16H18BrN3O/c1-11(17)10-20-14-7-4-3-6-13(14)18-16(20)15-8-5-9-19(15)12(2)21/h3-4,6-7,15H,1,5,8-10H2,2H3/t15-/m1/s1.